The van der Waals surface area contributed by atoms with Crippen molar-refractivity contribution in [2.75, 3.05) is 5.73 Å². The summed E-state index contributed by atoms with van der Waals surface area (Å²) in [6.45, 7) is 6.03. The van der Waals surface area contributed by atoms with Crippen LogP contribution in [-0.4, -0.2) is 9.78 Å². The molecule has 2 aromatic heterocycles. The summed E-state index contributed by atoms with van der Waals surface area (Å²) in [6, 6.07) is 10.0. The van der Waals surface area contributed by atoms with Crippen LogP contribution in [0.1, 0.15) is 16.9 Å². The molecule has 3 aromatic rings. The third kappa shape index (κ3) is 1.99. The molecular formula is C16H17N3O. The average molecular weight is 267 g/mol. The Morgan fingerprint density at radius 2 is 1.90 bits per heavy atom. The van der Waals surface area contributed by atoms with Gasteiger partial charge in [0.15, 0.2) is 0 Å². The highest BCUT2D eigenvalue weighted by molar-refractivity contribution is 5.65. The van der Waals surface area contributed by atoms with Crippen LogP contribution in [0.3, 0.4) is 0 Å². The molecule has 0 fully saturated rings. The van der Waals surface area contributed by atoms with E-state index in [0.29, 0.717) is 5.82 Å². The van der Waals surface area contributed by atoms with Crippen molar-refractivity contribution in [3.63, 3.8) is 0 Å². The minimum absolute atomic E-state index is 0.620. The van der Waals surface area contributed by atoms with E-state index in [-0.39, 0.29) is 0 Å². The molecule has 0 aliphatic heterocycles. The normalized spacial score (nSPS) is 10.9. The van der Waals surface area contributed by atoms with Gasteiger partial charge in [0, 0.05) is 11.6 Å². The summed E-state index contributed by atoms with van der Waals surface area (Å²) in [5.74, 6) is 1.46. The Labute approximate surface area is 117 Å². The molecule has 0 spiro atoms. The molecule has 0 saturated heterocycles. The number of hydrogen-bond donors (Lipinski definition) is 1. The van der Waals surface area contributed by atoms with Crippen molar-refractivity contribution in [1.29, 1.82) is 0 Å². The molecule has 1 aromatic carbocycles. The largest absolute Gasteiger partial charge is 0.469 e. The van der Waals surface area contributed by atoms with Gasteiger partial charge < -0.3 is 10.2 Å². The van der Waals surface area contributed by atoms with Gasteiger partial charge in [-0.05, 0) is 44.0 Å². The van der Waals surface area contributed by atoms with Crippen LogP contribution in [0.5, 0.6) is 0 Å². The molecule has 20 heavy (non-hydrogen) atoms. The monoisotopic (exact) mass is 267 g/mol. The molecule has 0 bridgehead atoms. The van der Waals surface area contributed by atoms with E-state index in [0.717, 1.165) is 28.3 Å². The Balaban J connectivity index is 2.14. The molecule has 0 atom stereocenters. The summed E-state index contributed by atoms with van der Waals surface area (Å²) in [7, 11) is 0. The summed E-state index contributed by atoms with van der Waals surface area (Å²) in [5.41, 5.74) is 11.3. The number of benzene rings is 1. The van der Waals surface area contributed by atoms with Crippen molar-refractivity contribution in [2.24, 2.45) is 0 Å². The standard InChI is InChI=1S/C16H17N3O/c1-10-4-5-11(2)15(8-10)19-16(17)9-14(18-19)13-6-7-20-12(13)3/h4-9H,17H2,1-3H3. The van der Waals surface area contributed by atoms with Gasteiger partial charge in [0.25, 0.3) is 0 Å². The number of nitrogens with two attached hydrogens (primary N) is 1. The number of anilines is 1. The zero-order valence-corrected chi connectivity index (χ0v) is 11.8. The van der Waals surface area contributed by atoms with Gasteiger partial charge in [0.2, 0.25) is 0 Å². The SMILES string of the molecule is Cc1ccc(C)c(-n2nc(-c3ccoc3C)cc2N)c1. The van der Waals surface area contributed by atoms with E-state index in [4.69, 9.17) is 10.2 Å². The first-order chi connectivity index (χ1) is 9.56. The fraction of sp³-hybridized carbons (Fsp3) is 0.188. The third-order valence-electron chi connectivity index (χ3n) is 3.46. The Kier molecular flexibility index (Phi) is 2.86. The topological polar surface area (TPSA) is 57.0 Å². The molecule has 102 valence electrons. The lowest BCUT2D eigenvalue weighted by Gasteiger charge is -2.08. The zero-order chi connectivity index (χ0) is 14.3. The summed E-state index contributed by atoms with van der Waals surface area (Å²) in [6.07, 6.45) is 1.66. The molecule has 2 heterocycles. The summed E-state index contributed by atoms with van der Waals surface area (Å²) >= 11 is 0. The Morgan fingerprint density at radius 3 is 2.60 bits per heavy atom. The molecule has 0 radical (unpaired) electrons. The van der Waals surface area contributed by atoms with Gasteiger partial charge in [-0.15, -0.1) is 0 Å². The van der Waals surface area contributed by atoms with E-state index >= 15 is 0 Å². The third-order valence-corrected chi connectivity index (χ3v) is 3.46. The van der Waals surface area contributed by atoms with E-state index in [2.05, 4.69) is 37.1 Å². The predicted octanol–water partition coefficient (Wildman–Crippen LogP) is 3.64. The zero-order valence-electron chi connectivity index (χ0n) is 11.8. The van der Waals surface area contributed by atoms with E-state index in [9.17, 15) is 0 Å². The van der Waals surface area contributed by atoms with Crippen LogP contribution < -0.4 is 5.73 Å². The van der Waals surface area contributed by atoms with Crippen LogP contribution in [-0.2, 0) is 0 Å². The number of rotatable bonds is 2. The van der Waals surface area contributed by atoms with Crippen LogP contribution in [0.25, 0.3) is 16.9 Å². The number of nitrogens with zero attached hydrogens (tertiary/aromatic N) is 2. The predicted molar refractivity (Wildman–Crippen MR) is 79.9 cm³/mol. The van der Waals surface area contributed by atoms with Gasteiger partial charge in [-0.1, -0.05) is 12.1 Å². The molecule has 0 aliphatic rings. The molecule has 4 nitrogen and oxygen atoms in total. The van der Waals surface area contributed by atoms with Crippen LogP contribution in [0, 0.1) is 20.8 Å². The minimum Gasteiger partial charge on any atom is -0.469 e. The van der Waals surface area contributed by atoms with Gasteiger partial charge in [-0.2, -0.15) is 5.10 Å². The maximum absolute atomic E-state index is 6.12. The van der Waals surface area contributed by atoms with E-state index in [1.54, 1.807) is 10.9 Å². The first-order valence-corrected chi connectivity index (χ1v) is 6.54. The number of furan rings is 1. The van der Waals surface area contributed by atoms with Gasteiger partial charge >= 0.3 is 0 Å². The molecule has 0 amide bonds. The summed E-state index contributed by atoms with van der Waals surface area (Å²) < 4.78 is 7.11. The highest BCUT2D eigenvalue weighted by Gasteiger charge is 2.13. The molecule has 2 N–H and O–H groups in total. The van der Waals surface area contributed by atoms with E-state index in [1.807, 2.05) is 19.1 Å². The first-order valence-electron chi connectivity index (χ1n) is 6.54. The fourth-order valence-electron chi connectivity index (χ4n) is 2.32. The smallest absolute Gasteiger partial charge is 0.127 e. The van der Waals surface area contributed by atoms with Gasteiger partial charge in [0.05, 0.1) is 17.6 Å². The van der Waals surface area contributed by atoms with Crippen molar-refractivity contribution >= 4 is 5.82 Å². The maximum Gasteiger partial charge on any atom is 0.127 e. The Morgan fingerprint density at radius 1 is 1.10 bits per heavy atom. The Bertz CT molecular complexity index is 768. The van der Waals surface area contributed by atoms with E-state index in [1.165, 1.54) is 5.56 Å². The van der Waals surface area contributed by atoms with Gasteiger partial charge in [-0.3, -0.25) is 0 Å². The number of hydrogen-bond acceptors (Lipinski definition) is 3. The average Bonchev–Trinajstić information content (AvgIpc) is 2.98. The molecule has 3 rings (SSSR count). The molecule has 4 heteroatoms. The first kappa shape index (κ1) is 12.5. The Hall–Kier alpha value is -2.49. The molecular weight excluding hydrogens is 250 g/mol. The number of aromatic nitrogens is 2. The summed E-state index contributed by atoms with van der Waals surface area (Å²) in [4.78, 5) is 0. The van der Waals surface area contributed by atoms with Crippen LogP contribution in [0.2, 0.25) is 0 Å². The molecule has 0 aliphatic carbocycles. The van der Waals surface area contributed by atoms with E-state index < -0.39 is 0 Å². The summed E-state index contributed by atoms with van der Waals surface area (Å²) in [5, 5.41) is 4.62. The lowest BCUT2D eigenvalue weighted by Crippen LogP contribution is -2.04. The van der Waals surface area contributed by atoms with Crippen LogP contribution in [0.4, 0.5) is 5.82 Å². The highest BCUT2D eigenvalue weighted by atomic mass is 16.3. The maximum atomic E-state index is 6.12. The lowest BCUT2D eigenvalue weighted by molar-refractivity contribution is 0.535. The molecule has 0 unspecified atom stereocenters. The number of nitrogen functional groups attached to an aromatic ring is 1. The fourth-order valence-corrected chi connectivity index (χ4v) is 2.32. The van der Waals surface area contributed by atoms with Crippen molar-refractivity contribution in [1.82, 2.24) is 9.78 Å². The van der Waals surface area contributed by atoms with Crippen molar-refractivity contribution in [3.8, 4) is 16.9 Å². The van der Waals surface area contributed by atoms with Crippen LogP contribution >= 0.6 is 0 Å². The second-order valence-electron chi connectivity index (χ2n) is 5.05. The molecule has 0 saturated carbocycles. The lowest BCUT2D eigenvalue weighted by atomic mass is 10.1. The highest BCUT2D eigenvalue weighted by Crippen LogP contribution is 2.27. The minimum atomic E-state index is 0.620. The second-order valence-corrected chi connectivity index (χ2v) is 5.05. The van der Waals surface area contributed by atoms with Crippen LogP contribution in [0.15, 0.2) is 41.0 Å². The van der Waals surface area contributed by atoms with Gasteiger partial charge in [0.1, 0.15) is 11.6 Å². The van der Waals surface area contributed by atoms with Crippen molar-refractivity contribution in [3.05, 3.63) is 53.5 Å². The quantitative estimate of drug-likeness (QED) is 0.771. The van der Waals surface area contributed by atoms with Crippen molar-refractivity contribution in [2.45, 2.75) is 20.8 Å². The number of aryl methyl sites for hydroxylation is 3. The second kappa shape index (κ2) is 4.56. The van der Waals surface area contributed by atoms with Crippen molar-refractivity contribution < 1.29 is 4.42 Å². The van der Waals surface area contributed by atoms with Gasteiger partial charge in [-0.25, -0.2) is 4.68 Å².